The van der Waals surface area contributed by atoms with Gasteiger partial charge in [0.15, 0.2) is 0 Å². The van der Waals surface area contributed by atoms with Crippen LogP contribution in [0.5, 0.6) is 0 Å². The van der Waals surface area contributed by atoms with Gasteiger partial charge in [0.1, 0.15) is 11.4 Å². The van der Waals surface area contributed by atoms with E-state index >= 15 is 0 Å². The zero-order chi connectivity index (χ0) is 39.0. The van der Waals surface area contributed by atoms with Crippen LogP contribution in [0, 0.1) is 0 Å². The molecule has 0 aliphatic heterocycles. The van der Waals surface area contributed by atoms with E-state index < -0.39 is 0 Å². The number of fused-ring (bicyclic) bond motifs is 13. The molecule has 5 aromatic carbocycles. The topological polar surface area (TPSA) is 38.9 Å². The van der Waals surface area contributed by atoms with Crippen molar-refractivity contribution in [3.8, 4) is 22.4 Å². The molecule has 13 rings (SSSR count). The molecule has 0 amide bonds. The third-order valence-electron chi connectivity index (χ3n) is 14.9. The largest absolute Gasteiger partial charge is 0.438 e. The number of nitrogens with zero attached hydrogens (tertiary/aromatic N) is 2. The molecule has 0 radical (unpaired) electrons. The quantitative estimate of drug-likeness (QED) is 0.179. The number of furan rings is 1. The van der Waals surface area contributed by atoms with Crippen molar-refractivity contribution in [3.63, 3.8) is 0 Å². The molecule has 59 heavy (non-hydrogen) atoms. The van der Waals surface area contributed by atoms with Gasteiger partial charge in [-0.25, -0.2) is 4.98 Å². The monoisotopic (exact) mass is 780 g/mol. The third-order valence-corrected chi connectivity index (χ3v) is 16.2. The molecule has 1 saturated carbocycles. The second-order valence-electron chi connectivity index (χ2n) is 18.2. The Morgan fingerprint density at radius 1 is 0.712 bits per heavy atom. The Bertz CT molecular complexity index is 3180. The van der Waals surface area contributed by atoms with E-state index in [0.717, 1.165) is 46.3 Å². The molecule has 2 atom stereocenters. The van der Waals surface area contributed by atoms with Crippen LogP contribution in [0.25, 0.3) is 66.2 Å². The Labute approximate surface area is 348 Å². The number of thiophene rings is 1. The predicted molar refractivity (Wildman–Crippen MR) is 244 cm³/mol. The predicted octanol–water partition coefficient (Wildman–Crippen LogP) is 14.8. The summed E-state index contributed by atoms with van der Waals surface area (Å²) in [5.74, 6) is 1.26. The van der Waals surface area contributed by atoms with Gasteiger partial charge in [0.25, 0.3) is 0 Å². The summed E-state index contributed by atoms with van der Waals surface area (Å²) in [5, 5.41) is 3.36. The first-order chi connectivity index (χ1) is 29.0. The summed E-state index contributed by atoms with van der Waals surface area (Å²) in [4.78, 5) is 11.9. The van der Waals surface area contributed by atoms with E-state index in [1.54, 1.807) is 27.8 Å². The SMILES string of the molecule is CC1(C)C2=CC3=C(CC2c2c(-c4ccc5sc6c(c5c4)C=CC[C@@H]6c4nc(-c5ccccc5)c5c(n4)oc4ccccc45)cccc21)C1(CCCCC1)c1ccccc13. The lowest BCUT2D eigenvalue weighted by Gasteiger charge is -2.40. The van der Waals surface area contributed by atoms with Gasteiger partial charge >= 0.3 is 0 Å². The first kappa shape index (κ1) is 34.1. The molecule has 0 saturated heterocycles. The zero-order valence-corrected chi connectivity index (χ0v) is 34.3. The van der Waals surface area contributed by atoms with Crippen molar-refractivity contribution in [2.45, 2.75) is 81.5 Å². The Balaban J connectivity index is 0.927. The summed E-state index contributed by atoms with van der Waals surface area (Å²) >= 11 is 1.90. The summed E-state index contributed by atoms with van der Waals surface area (Å²) in [6.07, 6.45) is 15.9. The van der Waals surface area contributed by atoms with E-state index in [1.165, 1.54) is 74.9 Å². The van der Waals surface area contributed by atoms with Gasteiger partial charge in [0.2, 0.25) is 5.71 Å². The summed E-state index contributed by atoms with van der Waals surface area (Å²) in [6, 6.07) is 42.5. The van der Waals surface area contributed by atoms with Crippen molar-refractivity contribution in [1.29, 1.82) is 0 Å². The van der Waals surface area contributed by atoms with Crippen LogP contribution in [0.3, 0.4) is 0 Å². The first-order valence-corrected chi connectivity index (χ1v) is 22.5. The highest BCUT2D eigenvalue weighted by Gasteiger charge is 2.51. The maximum atomic E-state index is 6.45. The first-order valence-electron chi connectivity index (χ1n) is 21.6. The van der Waals surface area contributed by atoms with Gasteiger partial charge in [-0.05, 0) is 88.4 Å². The lowest BCUT2D eigenvalue weighted by atomic mass is 9.63. The summed E-state index contributed by atoms with van der Waals surface area (Å²) < 4.78 is 7.76. The number of hydrogen-bond donors (Lipinski definition) is 0. The molecule has 1 spiro atoms. The minimum atomic E-state index is -0.0348. The second kappa shape index (κ2) is 12.3. The molecule has 3 heterocycles. The van der Waals surface area contributed by atoms with Gasteiger partial charge in [0.05, 0.1) is 17.0 Å². The lowest BCUT2D eigenvalue weighted by molar-refractivity contribution is 0.335. The standard InChI is InChI=1S/C55H44N2OS/c1-54(2)43-23-14-19-34(48(43)41-31-45-39(30-44(41)54)35-17-7-9-22-42(35)55(45)27-11-4-12-28-55)33-25-26-47-40(29-33)36-20-13-21-38(51(36)59-47)52-56-50(32-15-5-3-6-16-32)49-37-18-8-10-24-46(37)58-53(49)57-52/h3,5-10,13-20,22-26,29-30,38,41H,4,11-12,21,27-28,31H2,1-2H3/t38-,41?/m0/s1. The molecule has 286 valence electrons. The van der Waals surface area contributed by atoms with Crippen molar-refractivity contribution < 1.29 is 4.42 Å². The summed E-state index contributed by atoms with van der Waals surface area (Å²) in [5.41, 5.74) is 18.7. The lowest BCUT2D eigenvalue weighted by Crippen LogP contribution is -2.31. The number of aromatic nitrogens is 2. The Morgan fingerprint density at radius 3 is 2.41 bits per heavy atom. The zero-order valence-electron chi connectivity index (χ0n) is 33.5. The van der Waals surface area contributed by atoms with Crippen LogP contribution >= 0.6 is 11.3 Å². The molecule has 0 bridgehead atoms. The van der Waals surface area contributed by atoms with Gasteiger partial charge < -0.3 is 4.42 Å². The van der Waals surface area contributed by atoms with E-state index in [1.807, 2.05) is 23.5 Å². The minimum Gasteiger partial charge on any atom is -0.438 e. The van der Waals surface area contributed by atoms with E-state index in [4.69, 9.17) is 14.4 Å². The summed E-state index contributed by atoms with van der Waals surface area (Å²) in [6.45, 7) is 4.95. The van der Waals surface area contributed by atoms with Crippen molar-refractivity contribution in [1.82, 2.24) is 9.97 Å². The van der Waals surface area contributed by atoms with Gasteiger partial charge in [-0.15, -0.1) is 11.3 Å². The fourth-order valence-electron chi connectivity index (χ4n) is 12.2. The van der Waals surface area contributed by atoms with E-state index in [2.05, 4.69) is 135 Å². The highest BCUT2D eigenvalue weighted by atomic mass is 32.1. The van der Waals surface area contributed by atoms with Crippen LogP contribution in [0.2, 0.25) is 0 Å². The third kappa shape index (κ3) is 4.70. The van der Waals surface area contributed by atoms with Gasteiger partial charge in [-0.1, -0.05) is 160 Å². The fourth-order valence-corrected chi connectivity index (χ4v) is 13.5. The van der Waals surface area contributed by atoms with Crippen molar-refractivity contribution in [2.75, 3.05) is 0 Å². The molecule has 1 unspecified atom stereocenters. The van der Waals surface area contributed by atoms with Gasteiger partial charge in [0, 0.05) is 42.7 Å². The van der Waals surface area contributed by atoms with Crippen LogP contribution in [0.15, 0.2) is 143 Å². The molecule has 4 heteroatoms. The number of rotatable bonds is 3. The molecule has 3 nitrogen and oxygen atoms in total. The van der Waals surface area contributed by atoms with E-state index in [0.29, 0.717) is 11.6 Å². The summed E-state index contributed by atoms with van der Waals surface area (Å²) in [7, 11) is 0. The Hall–Kier alpha value is -5.84. The maximum absolute atomic E-state index is 6.45. The Morgan fingerprint density at radius 2 is 1.51 bits per heavy atom. The van der Waals surface area contributed by atoms with E-state index in [-0.39, 0.29) is 16.7 Å². The highest BCUT2D eigenvalue weighted by Crippen LogP contribution is 2.64. The van der Waals surface area contributed by atoms with Gasteiger partial charge in [-0.3, -0.25) is 0 Å². The molecule has 5 aliphatic carbocycles. The number of para-hydroxylation sites is 1. The average Bonchev–Trinajstić information content (AvgIpc) is 3.99. The van der Waals surface area contributed by atoms with Crippen LogP contribution < -0.4 is 0 Å². The molecule has 5 aliphatic rings. The molecule has 8 aromatic rings. The normalized spacial score (nSPS) is 20.8. The highest BCUT2D eigenvalue weighted by molar-refractivity contribution is 7.19. The number of hydrogen-bond acceptors (Lipinski definition) is 4. The minimum absolute atomic E-state index is 0.0348. The van der Waals surface area contributed by atoms with Crippen molar-refractivity contribution in [2.24, 2.45) is 0 Å². The van der Waals surface area contributed by atoms with Gasteiger partial charge in [-0.2, -0.15) is 4.98 Å². The molecular formula is C55H44N2OS. The van der Waals surface area contributed by atoms with Crippen LogP contribution in [0.1, 0.15) is 109 Å². The second-order valence-corrected chi connectivity index (χ2v) is 19.3. The molecular weight excluding hydrogens is 737 g/mol. The number of benzene rings is 5. The average molecular weight is 781 g/mol. The molecule has 3 aromatic heterocycles. The Kier molecular flexibility index (Phi) is 7.13. The van der Waals surface area contributed by atoms with E-state index in [9.17, 15) is 0 Å². The van der Waals surface area contributed by atoms with Crippen molar-refractivity contribution >= 4 is 55.1 Å². The molecule has 1 fully saturated rings. The van der Waals surface area contributed by atoms with Crippen molar-refractivity contribution in [3.05, 3.63) is 177 Å². The molecule has 0 N–H and O–H groups in total. The smallest absolute Gasteiger partial charge is 0.231 e. The van der Waals surface area contributed by atoms with Crippen LogP contribution in [0.4, 0.5) is 0 Å². The fraction of sp³-hybridized carbons (Fsp3) is 0.236. The van der Waals surface area contributed by atoms with Crippen LogP contribution in [-0.4, -0.2) is 9.97 Å². The number of allylic oxidation sites excluding steroid dienone is 5. The maximum Gasteiger partial charge on any atom is 0.231 e. The van der Waals surface area contributed by atoms with Crippen LogP contribution in [-0.2, 0) is 10.8 Å².